The van der Waals surface area contributed by atoms with E-state index >= 15 is 0 Å². The number of aliphatic imine (C=N–C) groups is 1. The number of thioether (sulfide) groups is 1. The van der Waals surface area contributed by atoms with Crippen LogP contribution in [-0.2, 0) is 0 Å². The summed E-state index contributed by atoms with van der Waals surface area (Å²) < 4.78 is 13.3. The van der Waals surface area contributed by atoms with E-state index in [1.807, 2.05) is 12.1 Å². The number of aromatic nitrogens is 3. The molecule has 1 aliphatic rings. The molecule has 0 radical (unpaired) electrons. The molecular formula is C15H14ClFN4S. The Hall–Kier alpha value is -1.53. The van der Waals surface area contributed by atoms with E-state index in [4.69, 9.17) is 11.6 Å². The third-order valence-corrected chi connectivity index (χ3v) is 4.71. The monoisotopic (exact) mass is 336 g/mol. The lowest BCUT2D eigenvalue weighted by molar-refractivity contribution is 0.536. The van der Waals surface area contributed by atoms with E-state index in [2.05, 4.69) is 26.9 Å². The lowest BCUT2D eigenvalue weighted by Crippen LogP contribution is -1.95. The maximum Gasteiger partial charge on any atom is 0.310 e. The first-order chi connectivity index (χ1) is 10.5. The predicted octanol–water partition coefficient (Wildman–Crippen LogP) is 4.69. The van der Waals surface area contributed by atoms with Crippen LogP contribution in [0.3, 0.4) is 0 Å². The fraction of sp³-hybridized carbons (Fsp3) is 0.333. The van der Waals surface area contributed by atoms with Crippen LogP contribution in [0, 0.1) is 13.0 Å². The Morgan fingerprint density at radius 2 is 2.14 bits per heavy atom. The second kappa shape index (κ2) is 6.30. The van der Waals surface area contributed by atoms with Crippen molar-refractivity contribution in [2.75, 3.05) is 0 Å². The topological polar surface area (TPSA) is 51.0 Å². The maximum atomic E-state index is 13.3. The average Bonchev–Trinajstić information content (AvgIpc) is 2.57. The summed E-state index contributed by atoms with van der Waals surface area (Å²) in [6, 6.07) is 5.49. The maximum absolute atomic E-state index is 13.3. The molecular weight excluding hydrogens is 323 g/mol. The minimum Gasteiger partial charge on any atom is -0.229 e. The van der Waals surface area contributed by atoms with Gasteiger partial charge in [0.05, 0.1) is 5.04 Å². The first kappa shape index (κ1) is 15.4. The molecule has 4 nitrogen and oxygen atoms in total. The van der Waals surface area contributed by atoms with Crippen molar-refractivity contribution in [3.05, 3.63) is 40.7 Å². The first-order valence-electron chi connectivity index (χ1n) is 6.94. The van der Waals surface area contributed by atoms with Crippen molar-refractivity contribution in [3.63, 3.8) is 0 Å². The van der Waals surface area contributed by atoms with E-state index in [0.717, 1.165) is 22.9 Å². The zero-order chi connectivity index (χ0) is 15.7. The molecule has 0 aliphatic carbocycles. The Morgan fingerprint density at radius 1 is 1.32 bits per heavy atom. The molecule has 7 heteroatoms. The van der Waals surface area contributed by atoms with Crippen LogP contribution in [0.2, 0.25) is 5.15 Å². The summed E-state index contributed by atoms with van der Waals surface area (Å²) in [6.45, 7) is 3.87. The van der Waals surface area contributed by atoms with Gasteiger partial charge in [-0.3, -0.25) is 0 Å². The highest BCUT2D eigenvalue weighted by Gasteiger charge is 2.20. The molecule has 0 aromatic carbocycles. The van der Waals surface area contributed by atoms with Crippen LogP contribution >= 0.6 is 23.4 Å². The van der Waals surface area contributed by atoms with Crippen LogP contribution in [0.15, 0.2) is 28.2 Å². The summed E-state index contributed by atoms with van der Waals surface area (Å²) in [4.78, 5) is 16.2. The van der Waals surface area contributed by atoms with E-state index in [9.17, 15) is 4.39 Å². The van der Waals surface area contributed by atoms with Crippen molar-refractivity contribution in [1.82, 2.24) is 15.0 Å². The molecule has 1 unspecified atom stereocenters. The van der Waals surface area contributed by atoms with Crippen molar-refractivity contribution < 1.29 is 4.39 Å². The van der Waals surface area contributed by atoms with E-state index < -0.39 is 6.08 Å². The highest BCUT2D eigenvalue weighted by Crippen LogP contribution is 2.37. The highest BCUT2D eigenvalue weighted by atomic mass is 35.5. The van der Waals surface area contributed by atoms with E-state index in [0.29, 0.717) is 22.6 Å². The minimum atomic E-state index is -0.757. The molecule has 3 rings (SSSR count). The van der Waals surface area contributed by atoms with Crippen molar-refractivity contribution in [2.45, 2.75) is 37.6 Å². The lowest BCUT2D eigenvalue weighted by atomic mass is 9.98. The normalized spacial score (nSPS) is 19.8. The Balaban J connectivity index is 1.97. The Labute approximate surface area is 137 Å². The molecule has 2 aromatic heterocycles. The first-order valence-corrected chi connectivity index (χ1v) is 8.14. The van der Waals surface area contributed by atoms with Crippen LogP contribution < -0.4 is 0 Å². The van der Waals surface area contributed by atoms with Gasteiger partial charge in [-0.15, -0.1) is 0 Å². The summed E-state index contributed by atoms with van der Waals surface area (Å²) in [6.07, 6.45) is 0.993. The molecule has 1 atom stereocenters. The molecule has 2 aromatic rings. The molecule has 0 N–H and O–H groups in total. The van der Waals surface area contributed by atoms with Gasteiger partial charge < -0.3 is 0 Å². The van der Waals surface area contributed by atoms with Crippen molar-refractivity contribution >= 4 is 34.2 Å². The molecule has 114 valence electrons. The quantitative estimate of drug-likeness (QED) is 0.560. The van der Waals surface area contributed by atoms with Gasteiger partial charge in [-0.2, -0.15) is 9.37 Å². The molecule has 0 fully saturated rings. The third-order valence-electron chi connectivity index (χ3n) is 3.44. The number of nitrogens with zero attached hydrogens (tertiary/aromatic N) is 4. The number of aryl methyl sites for hydroxylation is 1. The largest absolute Gasteiger partial charge is 0.310 e. The van der Waals surface area contributed by atoms with Crippen LogP contribution in [0.25, 0.3) is 0 Å². The zero-order valence-corrected chi connectivity index (χ0v) is 13.7. The fourth-order valence-corrected chi connectivity index (χ4v) is 3.63. The fourth-order valence-electron chi connectivity index (χ4n) is 2.32. The number of halogens is 2. The highest BCUT2D eigenvalue weighted by molar-refractivity contribution is 8.14. The van der Waals surface area contributed by atoms with Gasteiger partial charge in [0, 0.05) is 11.8 Å². The molecule has 0 spiro atoms. The molecule has 0 saturated carbocycles. The number of hydrogen-bond donors (Lipinski definition) is 0. The summed E-state index contributed by atoms with van der Waals surface area (Å²) in [5.41, 5.74) is 1.73. The van der Waals surface area contributed by atoms with Gasteiger partial charge in [-0.25, -0.2) is 15.0 Å². The summed E-state index contributed by atoms with van der Waals surface area (Å²) in [7, 11) is 0. The summed E-state index contributed by atoms with van der Waals surface area (Å²) in [5, 5.41) is 2.18. The Morgan fingerprint density at radius 3 is 2.91 bits per heavy atom. The smallest absolute Gasteiger partial charge is 0.229 e. The second-order valence-electron chi connectivity index (χ2n) is 5.21. The van der Waals surface area contributed by atoms with Gasteiger partial charge in [-0.1, -0.05) is 36.4 Å². The number of fused-ring (bicyclic) bond motifs is 1. The van der Waals surface area contributed by atoms with Crippen LogP contribution in [0.1, 0.15) is 36.9 Å². The molecule has 1 aliphatic heterocycles. The van der Waals surface area contributed by atoms with Crippen molar-refractivity contribution in [1.29, 1.82) is 0 Å². The van der Waals surface area contributed by atoms with Crippen molar-refractivity contribution in [2.24, 2.45) is 4.99 Å². The van der Waals surface area contributed by atoms with Gasteiger partial charge in [0.15, 0.2) is 5.82 Å². The second-order valence-corrected chi connectivity index (χ2v) is 6.66. The number of rotatable bonds is 1. The standard InChI is InChI=1S/C15H14ClFN4S/c1-8-3-6-13(20-12-7-9(2)18-15(17)21-12)22-14-10(8)4-5-11(16)19-14/h4-5,7-8H,3,6H2,1-2H3. The molecule has 0 amide bonds. The van der Waals surface area contributed by atoms with Crippen LogP contribution in [-0.4, -0.2) is 20.0 Å². The van der Waals surface area contributed by atoms with Crippen LogP contribution in [0.4, 0.5) is 10.2 Å². The van der Waals surface area contributed by atoms with Gasteiger partial charge >= 0.3 is 6.08 Å². The molecule has 0 bridgehead atoms. The molecule has 3 heterocycles. The average molecular weight is 337 g/mol. The minimum absolute atomic E-state index is 0.339. The van der Waals surface area contributed by atoms with E-state index in [1.54, 1.807) is 13.0 Å². The number of hydrogen-bond acceptors (Lipinski definition) is 5. The van der Waals surface area contributed by atoms with Gasteiger partial charge in [0.25, 0.3) is 0 Å². The van der Waals surface area contributed by atoms with Gasteiger partial charge in [0.1, 0.15) is 10.2 Å². The predicted molar refractivity (Wildman–Crippen MR) is 86.6 cm³/mol. The van der Waals surface area contributed by atoms with Gasteiger partial charge in [0.2, 0.25) is 0 Å². The number of pyridine rings is 1. The van der Waals surface area contributed by atoms with E-state index in [1.165, 1.54) is 17.3 Å². The Bertz CT molecular complexity index is 730. The third kappa shape index (κ3) is 3.44. The van der Waals surface area contributed by atoms with Crippen molar-refractivity contribution in [3.8, 4) is 0 Å². The van der Waals surface area contributed by atoms with Gasteiger partial charge in [-0.05, 0) is 37.3 Å². The SMILES string of the molecule is Cc1cc(N=C2CCC(C)c3ccc(Cl)nc3S2)nc(F)n1. The lowest BCUT2D eigenvalue weighted by Gasteiger charge is -2.09. The van der Waals surface area contributed by atoms with Crippen LogP contribution in [0.5, 0.6) is 0 Å². The van der Waals surface area contributed by atoms with E-state index in [-0.39, 0.29) is 0 Å². The molecule has 22 heavy (non-hydrogen) atoms. The zero-order valence-electron chi connectivity index (χ0n) is 12.2. The summed E-state index contributed by atoms with van der Waals surface area (Å²) in [5.74, 6) is 0.717. The Kier molecular flexibility index (Phi) is 4.40. The molecule has 0 saturated heterocycles. The summed E-state index contributed by atoms with van der Waals surface area (Å²) >= 11 is 7.47.